The number of ether oxygens (including phenoxy) is 2. The normalized spacial score (nSPS) is 15.5. The first-order chi connectivity index (χ1) is 11.8. The van der Waals surface area contributed by atoms with E-state index in [2.05, 4.69) is 27.5 Å². The molecule has 24 heavy (non-hydrogen) atoms. The van der Waals surface area contributed by atoms with Crippen LogP contribution in [-0.2, 0) is 11.3 Å². The number of rotatable bonds is 9. The third kappa shape index (κ3) is 6.35. The van der Waals surface area contributed by atoms with Crippen LogP contribution in [0.25, 0.3) is 0 Å². The number of nitrogens with zero attached hydrogens (tertiary/aromatic N) is 2. The molecule has 0 spiro atoms. The number of hydrogen-bond acceptors (Lipinski definition) is 4. The van der Waals surface area contributed by atoms with Gasteiger partial charge in [0.25, 0.3) is 0 Å². The van der Waals surface area contributed by atoms with Crippen LogP contribution in [0.3, 0.4) is 0 Å². The lowest BCUT2D eigenvalue weighted by Gasteiger charge is -2.15. The molecule has 0 unspecified atom stereocenters. The highest BCUT2D eigenvalue weighted by Gasteiger charge is 2.18. The molecule has 2 rings (SSSR count). The van der Waals surface area contributed by atoms with Crippen molar-refractivity contribution in [3.8, 4) is 5.88 Å². The molecule has 0 atom stereocenters. The van der Waals surface area contributed by atoms with Gasteiger partial charge >= 0.3 is 0 Å². The minimum Gasteiger partial charge on any atom is -0.474 e. The van der Waals surface area contributed by atoms with E-state index in [0.717, 1.165) is 56.4 Å². The Balaban J connectivity index is 1.93. The number of pyridine rings is 1. The highest BCUT2D eigenvalue weighted by Crippen LogP contribution is 2.25. The average Bonchev–Trinajstić information content (AvgIpc) is 3.10. The molecule has 1 saturated carbocycles. The smallest absolute Gasteiger partial charge is 0.218 e. The number of aliphatic imine (C=N–C) groups is 1. The zero-order chi connectivity index (χ0) is 17.0. The molecule has 0 radical (unpaired) electrons. The highest BCUT2D eigenvalue weighted by molar-refractivity contribution is 5.79. The van der Waals surface area contributed by atoms with Gasteiger partial charge in [-0.1, -0.05) is 6.07 Å². The minimum absolute atomic E-state index is 0.308. The van der Waals surface area contributed by atoms with Crippen molar-refractivity contribution in [2.75, 3.05) is 26.8 Å². The first kappa shape index (κ1) is 18.5. The van der Waals surface area contributed by atoms with Crippen LogP contribution in [0.5, 0.6) is 5.88 Å². The van der Waals surface area contributed by atoms with Crippen molar-refractivity contribution in [3.63, 3.8) is 0 Å². The number of hydrogen-bond donors (Lipinski definition) is 2. The van der Waals surface area contributed by atoms with Crippen molar-refractivity contribution >= 4 is 5.96 Å². The van der Waals surface area contributed by atoms with Crippen LogP contribution in [0.1, 0.15) is 44.6 Å². The van der Waals surface area contributed by atoms with E-state index in [-0.39, 0.29) is 0 Å². The molecule has 0 amide bonds. The molecule has 6 heteroatoms. The molecule has 1 fully saturated rings. The van der Waals surface area contributed by atoms with Crippen molar-refractivity contribution < 1.29 is 9.47 Å². The van der Waals surface area contributed by atoms with Gasteiger partial charge in [-0.05, 0) is 45.1 Å². The minimum atomic E-state index is 0.308. The summed E-state index contributed by atoms with van der Waals surface area (Å²) in [5.41, 5.74) is 1.03. The van der Waals surface area contributed by atoms with Crippen molar-refractivity contribution in [2.24, 2.45) is 4.99 Å². The lowest BCUT2D eigenvalue weighted by atomic mass is 10.2. The van der Waals surface area contributed by atoms with Crippen LogP contribution in [0.2, 0.25) is 0 Å². The fourth-order valence-electron chi connectivity index (χ4n) is 2.74. The van der Waals surface area contributed by atoms with Crippen LogP contribution in [0.15, 0.2) is 23.3 Å². The summed E-state index contributed by atoms with van der Waals surface area (Å²) in [5.74, 6) is 1.53. The second-order valence-electron chi connectivity index (χ2n) is 5.96. The summed E-state index contributed by atoms with van der Waals surface area (Å²) in [6.07, 6.45) is 7.80. The third-order valence-electron chi connectivity index (χ3n) is 4.00. The lowest BCUT2D eigenvalue weighted by Crippen LogP contribution is -2.38. The molecule has 0 aliphatic heterocycles. The first-order valence-electron chi connectivity index (χ1n) is 8.95. The molecule has 0 aromatic carbocycles. The maximum Gasteiger partial charge on any atom is 0.218 e. The Bertz CT molecular complexity index is 502. The van der Waals surface area contributed by atoms with Gasteiger partial charge in [-0.15, -0.1) is 0 Å². The van der Waals surface area contributed by atoms with E-state index in [1.165, 1.54) is 12.8 Å². The number of guanidine groups is 1. The average molecular weight is 334 g/mol. The third-order valence-corrected chi connectivity index (χ3v) is 4.00. The van der Waals surface area contributed by atoms with Gasteiger partial charge in [0.2, 0.25) is 5.88 Å². The largest absolute Gasteiger partial charge is 0.474 e. The molecule has 1 aromatic heterocycles. The molecule has 2 N–H and O–H groups in total. The fraction of sp³-hybridized carbons (Fsp3) is 0.667. The Morgan fingerprint density at radius 3 is 2.92 bits per heavy atom. The molecule has 0 bridgehead atoms. The zero-order valence-corrected chi connectivity index (χ0v) is 14.9. The van der Waals surface area contributed by atoms with Crippen LogP contribution < -0.4 is 15.4 Å². The van der Waals surface area contributed by atoms with Crippen molar-refractivity contribution in [1.82, 2.24) is 15.6 Å². The lowest BCUT2D eigenvalue weighted by molar-refractivity contribution is 0.195. The van der Waals surface area contributed by atoms with Gasteiger partial charge in [-0.3, -0.25) is 0 Å². The second-order valence-corrected chi connectivity index (χ2v) is 5.96. The predicted octanol–water partition coefficient (Wildman–Crippen LogP) is 2.49. The van der Waals surface area contributed by atoms with Gasteiger partial charge in [0.15, 0.2) is 5.96 Å². The van der Waals surface area contributed by atoms with Crippen LogP contribution in [0.4, 0.5) is 0 Å². The van der Waals surface area contributed by atoms with Gasteiger partial charge in [-0.25, -0.2) is 9.98 Å². The number of nitrogens with one attached hydrogen (secondary N) is 2. The fourth-order valence-corrected chi connectivity index (χ4v) is 2.74. The van der Waals surface area contributed by atoms with E-state index < -0.39 is 0 Å². The van der Waals surface area contributed by atoms with Gasteiger partial charge in [0.1, 0.15) is 6.10 Å². The Morgan fingerprint density at radius 2 is 2.17 bits per heavy atom. The van der Waals surface area contributed by atoms with Gasteiger partial charge in [0.05, 0.1) is 6.54 Å². The van der Waals surface area contributed by atoms with Crippen LogP contribution >= 0.6 is 0 Å². The Hall–Kier alpha value is -1.82. The maximum absolute atomic E-state index is 6.07. The van der Waals surface area contributed by atoms with Crippen LogP contribution in [0, 0.1) is 0 Å². The summed E-state index contributed by atoms with van der Waals surface area (Å²) in [6, 6.07) is 3.97. The Kier molecular flexibility index (Phi) is 8.38. The zero-order valence-electron chi connectivity index (χ0n) is 14.9. The van der Waals surface area contributed by atoms with E-state index in [1.54, 1.807) is 13.3 Å². The summed E-state index contributed by atoms with van der Waals surface area (Å²) < 4.78 is 11.1. The Morgan fingerprint density at radius 1 is 1.33 bits per heavy atom. The number of methoxy groups -OCH3 is 1. The molecule has 6 nitrogen and oxygen atoms in total. The van der Waals surface area contributed by atoms with Crippen molar-refractivity contribution in [3.05, 3.63) is 23.9 Å². The summed E-state index contributed by atoms with van der Waals surface area (Å²) >= 11 is 0. The molecule has 0 saturated heterocycles. The number of aromatic nitrogens is 1. The Labute approximate surface area is 145 Å². The quantitative estimate of drug-likeness (QED) is 0.413. The maximum atomic E-state index is 6.07. The SMILES string of the molecule is CCNC(=NCc1cccnc1OC1CCCC1)NCCCOC. The molecular weight excluding hydrogens is 304 g/mol. The summed E-state index contributed by atoms with van der Waals surface area (Å²) in [7, 11) is 1.72. The molecule has 1 aliphatic carbocycles. The van der Waals surface area contributed by atoms with Crippen LogP contribution in [-0.4, -0.2) is 43.9 Å². The summed E-state index contributed by atoms with van der Waals surface area (Å²) in [5, 5.41) is 6.58. The molecule has 1 heterocycles. The van der Waals surface area contributed by atoms with E-state index in [0.29, 0.717) is 12.6 Å². The van der Waals surface area contributed by atoms with E-state index >= 15 is 0 Å². The van der Waals surface area contributed by atoms with Gasteiger partial charge in [0, 0.05) is 38.6 Å². The topological polar surface area (TPSA) is 67.8 Å². The molecule has 134 valence electrons. The van der Waals surface area contributed by atoms with Gasteiger partial charge in [-0.2, -0.15) is 0 Å². The van der Waals surface area contributed by atoms with E-state index in [4.69, 9.17) is 9.47 Å². The predicted molar refractivity (Wildman–Crippen MR) is 96.4 cm³/mol. The second kappa shape index (κ2) is 10.9. The highest BCUT2D eigenvalue weighted by atomic mass is 16.5. The monoisotopic (exact) mass is 334 g/mol. The first-order valence-corrected chi connectivity index (χ1v) is 8.95. The van der Waals surface area contributed by atoms with Crippen molar-refractivity contribution in [1.29, 1.82) is 0 Å². The summed E-state index contributed by atoms with van der Waals surface area (Å²) in [6.45, 7) is 5.02. The molecule has 1 aliphatic rings. The molecular formula is C18H30N4O2. The summed E-state index contributed by atoms with van der Waals surface area (Å²) in [4.78, 5) is 9.05. The van der Waals surface area contributed by atoms with E-state index in [9.17, 15) is 0 Å². The van der Waals surface area contributed by atoms with E-state index in [1.807, 2.05) is 12.1 Å². The standard InChI is InChI=1S/C18H30N4O2/c1-3-19-18(21-12-7-13-23-2)22-14-15-8-6-11-20-17(15)24-16-9-4-5-10-16/h6,8,11,16H,3-5,7,9-10,12-14H2,1-2H3,(H2,19,21,22). The van der Waals surface area contributed by atoms with Gasteiger partial charge < -0.3 is 20.1 Å². The van der Waals surface area contributed by atoms with Crippen molar-refractivity contribution in [2.45, 2.75) is 51.7 Å². The molecule has 1 aromatic rings.